The normalized spacial score (nSPS) is 23.1. The lowest BCUT2D eigenvalue weighted by Crippen LogP contribution is -2.44. The number of ether oxygens (including phenoxy) is 1. The van der Waals surface area contributed by atoms with Crippen molar-refractivity contribution >= 4 is 61.1 Å². The molecule has 0 bridgehead atoms. The standard InChI is InChI=1S/C15H17BrF3I2NO2/c16-11-5-10(6-12(20)14(11)21)24-9-3-1-8(2-4-9)22-7-13(23)15(17,18)19/h5-6,8-9,13,22-23H,1-4,7H2. The van der Waals surface area contributed by atoms with E-state index in [0.717, 1.165) is 43.0 Å². The molecule has 0 saturated heterocycles. The van der Waals surface area contributed by atoms with Gasteiger partial charge in [-0.05, 0) is 98.9 Å². The Labute approximate surface area is 174 Å². The van der Waals surface area contributed by atoms with Crippen LogP contribution in [0.3, 0.4) is 0 Å². The molecule has 1 aliphatic carbocycles. The summed E-state index contributed by atoms with van der Waals surface area (Å²) in [6.45, 7) is -0.456. The highest BCUT2D eigenvalue weighted by Gasteiger charge is 2.38. The maximum atomic E-state index is 12.3. The van der Waals surface area contributed by atoms with Gasteiger partial charge in [-0.1, -0.05) is 0 Å². The highest BCUT2D eigenvalue weighted by Crippen LogP contribution is 2.31. The number of aliphatic hydroxyl groups excluding tert-OH is 1. The van der Waals surface area contributed by atoms with Gasteiger partial charge in [-0.3, -0.25) is 0 Å². The molecule has 136 valence electrons. The van der Waals surface area contributed by atoms with Crippen LogP contribution in [0.4, 0.5) is 13.2 Å². The molecule has 1 aliphatic rings. The average Bonchev–Trinajstić information content (AvgIpc) is 2.50. The quantitative estimate of drug-likeness (QED) is 0.360. The fourth-order valence-corrected chi connectivity index (χ4v) is 4.29. The Morgan fingerprint density at radius 3 is 2.42 bits per heavy atom. The molecule has 2 N–H and O–H groups in total. The zero-order chi connectivity index (χ0) is 17.9. The summed E-state index contributed by atoms with van der Waals surface area (Å²) in [6.07, 6.45) is -3.78. The maximum Gasteiger partial charge on any atom is 0.415 e. The van der Waals surface area contributed by atoms with Crippen LogP contribution in [0.2, 0.25) is 0 Å². The van der Waals surface area contributed by atoms with Crippen molar-refractivity contribution in [3.05, 3.63) is 23.7 Å². The Kier molecular flexibility index (Phi) is 7.91. The van der Waals surface area contributed by atoms with Crippen LogP contribution in [-0.2, 0) is 0 Å². The van der Waals surface area contributed by atoms with E-state index in [1.807, 2.05) is 12.1 Å². The first-order valence-electron chi connectivity index (χ1n) is 7.46. The molecular weight excluding hydrogens is 617 g/mol. The van der Waals surface area contributed by atoms with E-state index in [1.54, 1.807) is 0 Å². The lowest BCUT2D eigenvalue weighted by Gasteiger charge is -2.30. The molecule has 1 atom stereocenters. The van der Waals surface area contributed by atoms with Gasteiger partial charge in [-0.15, -0.1) is 0 Å². The number of benzene rings is 1. The van der Waals surface area contributed by atoms with Gasteiger partial charge in [0.15, 0.2) is 6.10 Å². The van der Waals surface area contributed by atoms with Crippen molar-refractivity contribution in [1.29, 1.82) is 0 Å². The molecule has 0 radical (unpaired) electrons. The summed E-state index contributed by atoms with van der Waals surface area (Å²) < 4.78 is 46.1. The van der Waals surface area contributed by atoms with Crippen LogP contribution in [0, 0.1) is 7.14 Å². The predicted octanol–water partition coefficient (Wildman–Crippen LogP) is 4.86. The number of alkyl halides is 3. The van der Waals surface area contributed by atoms with Crippen LogP contribution in [0.5, 0.6) is 5.75 Å². The van der Waals surface area contributed by atoms with E-state index < -0.39 is 18.8 Å². The smallest absolute Gasteiger partial charge is 0.415 e. The van der Waals surface area contributed by atoms with Crippen LogP contribution in [0.1, 0.15) is 25.7 Å². The van der Waals surface area contributed by atoms with Gasteiger partial charge in [-0.25, -0.2) is 0 Å². The first kappa shape index (κ1) is 21.0. The molecule has 1 fully saturated rings. The highest BCUT2D eigenvalue weighted by atomic mass is 127. The summed E-state index contributed by atoms with van der Waals surface area (Å²) in [5, 5.41) is 11.8. The third kappa shape index (κ3) is 6.13. The minimum atomic E-state index is -4.57. The largest absolute Gasteiger partial charge is 0.490 e. The average molecular weight is 634 g/mol. The first-order chi connectivity index (χ1) is 11.2. The van der Waals surface area contributed by atoms with Crippen molar-refractivity contribution in [3.63, 3.8) is 0 Å². The van der Waals surface area contributed by atoms with Gasteiger partial charge < -0.3 is 15.2 Å². The van der Waals surface area contributed by atoms with Gasteiger partial charge in [0.2, 0.25) is 0 Å². The molecule has 2 rings (SSSR count). The molecule has 0 amide bonds. The number of nitrogens with one attached hydrogen (secondary N) is 1. The summed E-state index contributed by atoms with van der Waals surface area (Å²) in [5.74, 6) is 0.801. The van der Waals surface area contributed by atoms with Crippen molar-refractivity contribution in [1.82, 2.24) is 5.32 Å². The highest BCUT2D eigenvalue weighted by molar-refractivity contribution is 14.1. The molecule has 3 nitrogen and oxygen atoms in total. The third-order valence-electron chi connectivity index (χ3n) is 3.91. The summed E-state index contributed by atoms with van der Waals surface area (Å²) in [5.41, 5.74) is 0. The summed E-state index contributed by atoms with van der Waals surface area (Å²) in [4.78, 5) is 0. The Hall–Kier alpha value is 0.670. The number of aliphatic hydroxyl groups is 1. The van der Waals surface area contributed by atoms with Crippen molar-refractivity contribution in [2.75, 3.05) is 6.54 Å². The molecule has 0 aliphatic heterocycles. The molecule has 24 heavy (non-hydrogen) atoms. The van der Waals surface area contributed by atoms with Crippen LogP contribution >= 0.6 is 61.1 Å². The molecule has 0 spiro atoms. The zero-order valence-corrected chi connectivity index (χ0v) is 18.4. The van der Waals surface area contributed by atoms with Crippen molar-refractivity contribution in [3.8, 4) is 5.75 Å². The van der Waals surface area contributed by atoms with Crippen molar-refractivity contribution in [2.45, 2.75) is 50.1 Å². The van der Waals surface area contributed by atoms with E-state index in [2.05, 4.69) is 66.4 Å². The van der Waals surface area contributed by atoms with E-state index in [0.29, 0.717) is 0 Å². The lowest BCUT2D eigenvalue weighted by atomic mass is 9.93. The summed E-state index contributed by atoms with van der Waals surface area (Å²) >= 11 is 8.02. The van der Waals surface area contributed by atoms with Gasteiger partial charge in [0.1, 0.15) is 5.75 Å². The fourth-order valence-electron chi connectivity index (χ4n) is 2.57. The molecule has 0 heterocycles. The van der Waals surface area contributed by atoms with E-state index in [-0.39, 0.29) is 12.1 Å². The Balaban J connectivity index is 1.79. The second-order valence-electron chi connectivity index (χ2n) is 5.76. The number of rotatable bonds is 5. The van der Waals surface area contributed by atoms with Crippen LogP contribution < -0.4 is 10.1 Å². The monoisotopic (exact) mass is 633 g/mol. The van der Waals surface area contributed by atoms with Gasteiger partial charge in [0.25, 0.3) is 0 Å². The molecular formula is C15H17BrF3I2NO2. The third-order valence-corrected chi connectivity index (χ3v) is 8.32. The molecule has 1 aromatic carbocycles. The Morgan fingerprint density at radius 1 is 1.25 bits per heavy atom. The molecule has 1 saturated carbocycles. The Bertz CT molecular complexity index is 543. The molecule has 9 heteroatoms. The summed E-state index contributed by atoms with van der Waals surface area (Å²) in [7, 11) is 0. The Morgan fingerprint density at radius 2 is 1.88 bits per heavy atom. The van der Waals surface area contributed by atoms with Gasteiger partial charge in [0.05, 0.1) is 6.10 Å². The van der Waals surface area contributed by atoms with E-state index >= 15 is 0 Å². The number of hydrogen-bond acceptors (Lipinski definition) is 3. The van der Waals surface area contributed by atoms with Crippen LogP contribution in [0.25, 0.3) is 0 Å². The van der Waals surface area contributed by atoms with Crippen LogP contribution in [-0.4, -0.2) is 36.1 Å². The zero-order valence-electron chi connectivity index (χ0n) is 12.5. The van der Waals surface area contributed by atoms with E-state index in [1.165, 1.54) is 0 Å². The topological polar surface area (TPSA) is 41.5 Å². The van der Waals surface area contributed by atoms with E-state index in [9.17, 15) is 13.2 Å². The second-order valence-corrected chi connectivity index (χ2v) is 8.85. The van der Waals surface area contributed by atoms with Crippen molar-refractivity contribution < 1.29 is 23.0 Å². The van der Waals surface area contributed by atoms with E-state index in [4.69, 9.17) is 9.84 Å². The molecule has 0 aromatic heterocycles. The predicted molar refractivity (Wildman–Crippen MR) is 106 cm³/mol. The van der Waals surface area contributed by atoms with Crippen molar-refractivity contribution in [2.24, 2.45) is 0 Å². The number of halogens is 6. The minimum absolute atomic E-state index is 0.00885. The first-order valence-corrected chi connectivity index (χ1v) is 10.4. The van der Waals surface area contributed by atoms with Crippen LogP contribution in [0.15, 0.2) is 16.6 Å². The number of hydrogen-bond donors (Lipinski definition) is 2. The summed E-state index contributed by atoms with van der Waals surface area (Å²) in [6, 6.07) is 3.91. The van der Waals surface area contributed by atoms with Gasteiger partial charge >= 0.3 is 6.18 Å². The minimum Gasteiger partial charge on any atom is -0.490 e. The molecule has 1 aromatic rings. The lowest BCUT2D eigenvalue weighted by molar-refractivity contribution is -0.202. The van der Waals surface area contributed by atoms with Gasteiger partial charge in [0, 0.05) is 24.2 Å². The second kappa shape index (κ2) is 9.05. The fraction of sp³-hybridized carbons (Fsp3) is 0.600. The molecule has 1 unspecified atom stereocenters. The maximum absolute atomic E-state index is 12.3. The van der Waals surface area contributed by atoms with Gasteiger partial charge in [-0.2, -0.15) is 13.2 Å². The SMILES string of the molecule is OC(CNC1CCC(Oc2cc(Br)c(I)c(I)c2)CC1)C(F)(F)F.